The molecule has 1 aromatic rings. The average molecular weight is 317 g/mol. The van der Waals surface area contributed by atoms with Gasteiger partial charge in [-0.2, -0.15) is 0 Å². The molecule has 1 amide bonds. The molecule has 1 aliphatic heterocycles. The second-order valence-corrected chi connectivity index (χ2v) is 5.48. The van der Waals surface area contributed by atoms with Gasteiger partial charge in [0.05, 0.1) is 17.3 Å². The van der Waals surface area contributed by atoms with Crippen LogP contribution in [0.5, 0.6) is 0 Å². The minimum absolute atomic E-state index is 0.0276. The minimum Gasteiger partial charge on any atom is -0.480 e. The highest BCUT2D eigenvalue weighted by Crippen LogP contribution is 2.25. The van der Waals surface area contributed by atoms with E-state index in [9.17, 15) is 9.59 Å². The summed E-state index contributed by atoms with van der Waals surface area (Å²) in [5.74, 6) is -1.20. The number of carbonyl (C=O) groups excluding carboxylic acids is 1. The number of carboxylic acid groups (broad SMARTS) is 1. The molecule has 1 aliphatic rings. The molecule has 0 aliphatic carbocycles. The van der Waals surface area contributed by atoms with Crippen LogP contribution >= 0.6 is 23.2 Å². The predicted octanol–water partition coefficient (Wildman–Crippen LogP) is 2.48. The zero-order valence-electron chi connectivity index (χ0n) is 10.6. The van der Waals surface area contributed by atoms with E-state index in [1.165, 1.54) is 0 Å². The summed E-state index contributed by atoms with van der Waals surface area (Å²) < 4.78 is 0. The summed E-state index contributed by atoms with van der Waals surface area (Å²) in [6, 6.07) is 4.19. The first-order valence-electron chi connectivity index (χ1n) is 6.19. The molecular formula is C13H14Cl2N2O3. The molecular weight excluding hydrogens is 303 g/mol. The van der Waals surface area contributed by atoms with Gasteiger partial charge in [0.1, 0.15) is 6.04 Å². The SMILES string of the molecule is O=C(CN1CCCC1C(=O)O)Nc1cc(Cl)ccc1Cl. The van der Waals surface area contributed by atoms with E-state index in [-0.39, 0.29) is 12.5 Å². The van der Waals surface area contributed by atoms with Gasteiger partial charge in [-0.15, -0.1) is 0 Å². The molecule has 1 saturated heterocycles. The van der Waals surface area contributed by atoms with E-state index in [1.807, 2.05) is 0 Å². The fraction of sp³-hybridized carbons (Fsp3) is 0.385. The molecule has 108 valence electrons. The van der Waals surface area contributed by atoms with Crippen molar-refractivity contribution >= 4 is 40.8 Å². The van der Waals surface area contributed by atoms with Gasteiger partial charge >= 0.3 is 5.97 Å². The first-order valence-corrected chi connectivity index (χ1v) is 6.94. The second kappa shape index (κ2) is 6.43. The Morgan fingerprint density at radius 2 is 2.15 bits per heavy atom. The third-order valence-corrected chi connectivity index (χ3v) is 3.76. The number of likely N-dealkylation sites (tertiary alicyclic amines) is 1. The summed E-state index contributed by atoms with van der Waals surface area (Å²) in [7, 11) is 0. The lowest BCUT2D eigenvalue weighted by molar-refractivity contribution is -0.142. The molecule has 0 saturated carbocycles. The van der Waals surface area contributed by atoms with Crippen LogP contribution in [0.4, 0.5) is 5.69 Å². The predicted molar refractivity (Wildman–Crippen MR) is 77.3 cm³/mol. The summed E-state index contributed by atoms with van der Waals surface area (Å²) in [5, 5.41) is 12.6. The molecule has 2 N–H and O–H groups in total. The van der Waals surface area contributed by atoms with Gasteiger partial charge < -0.3 is 10.4 Å². The quantitative estimate of drug-likeness (QED) is 0.895. The van der Waals surface area contributed by atoms with Gasteiger partial charge in [0, 0.05) is 5.02 Å². The summed E-state index contributed by atoms with van der Waals surface area (Å²) in [5.41, 5.74) is 0.426. The monoisotopic (exact) mass is 316 g/mol. The standard InChI is InChI=1S/C13H14Cl2N2O3/c14-8-3-4-9(15)10(6-8)16-12(18)7-17-5-1-2-11(17)13(19)20/h3-4,6,11H,1-2,5,7H2,(H,16,18)(H,19,20). The van der Waals surface area contributed by atoms with Crippen LogP contribution in [0, 0.1) is 0 Å². The number of hydrogen-bond donors (Lipinski definition) is 2. The number of nitrogens with zero attached hydrogens (tertiary/aromatic N) is 1. The van der Waals surface area contributed by atoms with Crippen molar-refractivity contribution in [2.75, 3.05) is 18.4 Å². The number of aliphatic carboxylic acids is 1. The summed E-state index contributed by atoms with van der Waals surface area (Å²) in [6.45, 7) is 0.632. The Bertz CT molecular complexity index is 536. The van der Waals surface area contributed by atoms with E-state index in [1.54, 1.807) is 23.1 Å². The second-order valence-electron chi connectivity index (χ2n) is 4.64. The molecule has 1 heterocycles. The molecule has 20 heavy (non-hydrogen) atoms. The molecule has 0 spiro atoms. The molecule has 1 aromatic carbocycles. The van der Waals surface area contributed by atoms with Gasteiger partial charge in [-0.1, -0.05) is 23.2 Å². The number of carboxylic acids is 1. The molecule has 0 radical (unpaired) electrons. The van der Waals surface area contributed by atoms with Crippen LogP contribution in [0.2, 0.25) is 10.0 Å². The molecule has 0 aromatic heterocycles. The van der Waals surface area contributed by atoms with Gasteiger partial charge in [-0.3, -0.25) is 14.5 Å². The topological polar surface area (TPSA) is 69.6 Å². The number of benzene rings is 1. The van der Waals surface area contributed by atoms with Gasteiger partial charge in [0.2, 0.25) is 5.91 Å². The Morgan fingerprint density at radius 3 is 2.85 bits per heavy atom. The van der Waals surface area contributed by atoms with Gasteiger partial charge in [0.25, 0.3) is 0 Å². The molecule has 7 heteroatoms. The van der Waals surface area contributed by atoms with Crippen LogP contribution in [0.15, 0.2) is 18.2 Å². The average Bonchev–Trinajstić information content (AvgIpc) is 2.82. The van der Waals surface area contributed by atoms with Crippen LogP contribution < -0.4 is 5.32 Å². The highest BCUT2D eigenvalue weighted by molar-refractivity contribution is 6.35. The summed E-state index contributed by atoms with van der Waals surface area (Å²) in [4.78, 5) is 24.6. The minimum atomic E-state index is -0.893. The Morgan fingerprint density at radius 1 is 1.40 bits per heavy atom. The van der Waals surface area contributed by atoms with Gasteiger partial charge in [-0.25, -0.2) is 0 Å². The third kappa shape index (κ3) is 3.62. The lowest BCUT2D eigenvalue weighted by Gasteiger charge is -2.20. The maximum Gasteiger partial charge on any atom is 0.320 e. The van der Waals surface area contributed by atoms with Crippen LogP contribution in [0.25, 0.3) is 0 Å². The fourth-order valence-electron chi connectivity index (χ4n) is 2.26. The largest absolute Gasteiger partial charge is 0.480 e. The zero-order chi connectivity index (χ0) is 14.7. The number of anilines is 1. The zero-order valence-corrected chi connectivity index (χ0v) is 12.1. The van der Waals surface area contributed by atoms with E-state index in [4.69, 9.17) is 28.3 Å². The highest BCUT2D eigenvalue weighted by atomic mass is 35.5. The number of carbonyl (C=O) groups is 2. The highest BCUT2D eigenvalue weighted by Gasteiger charge is 2.31. The van der Waals surface area contributed by atoms with Crippen molar-refractivity contribution in [3.05, 3.63) is 28.2 Å². The van der Waals surface area contributed by atoms with Crippen LogP contribution in [-0.2, 0) is 9.59 Å². The van der Waals surface area contributed by atoms with E-state index in [0.29, 0.717) is 28.7 Å². The third-order valence-electron chi connectivity index (χ3n) is 3.20. The number of rotatable bonds is 4. The van der Waals surface area contributed by atoms with Crippen molar-refractivity contribution in [1.29, 1.82) is 0 Å². The number of amides is 1. The van der Waals surface area contributed by atoms with E-state index in [0.717, 1.165) is 6.42 Å². The van der Waals surface area contributed by atoms with E-state index >= 15 is 0 Å². The summed E-state index contributed by atoms with van der Waals surface area (Å²) in [6.07, 6.45) is 1.35. The number of hydrogen-bond acceptors (Lipinski definition) is 3. The van der Waals surface area contributed by atoms with Crippen molar-refractivity contribution in [2.24, 2.45) is 0 Å². The number of nitrogens with one attached hydrogen (secondary N) is 1. The Labute approximate surface area is 126 Å². The first-order chi connectivity index (χ1) is 9.47. The van der Waals surface area contributed by atoms with Crippen molar-refractivity contribution < 1.29 is 14.7 Å². The number of halogens is 2. The van der Waals surface area contributed by atoms with E-state index < -0.39 is 12.0 Å². The maximum atomic E-state index is 12.0. The molecule has 1 atom stereocenters. The maximum absolute atomic E-state index is 12.0. The molecule has 1 unspecified atom stereocenters. The summed E-state index contributed by atoms with van der Waals surface area (Å²) >= 11 is 11.8. The molecule has 0 bridgehead atoms. The van der Waals surface area contributed by atoms with E-state index in [2.05, 4.69) is 5.32 Å². The van der Waals surface area contributed by atoms with Crippen molar-refractivity contribution in [1.82, 2.24) is 4.90 Å². The molecule has 2 rings (SSSR count). The Balaban J connectivity index is 1.99. The van der Waals surface area contributed by atoms with Gasteiger partial charge in [0.15, 0.2) is 0 Å². The lowest BCUT2D eigenvalue weighted by Crippen LogP contribution is -2.40. The van der Waals surface area contributed by atoms with Crippen molar-refractivity contribution in [2.45, 2.75) is 18.9 Å². The van der Waals surface area contributed by atoms with Crippen molar-refractivity contribution in [3.8, 4) is 0 Å². The molecule has 5 nitrogen and oxygen atoms in total. The Hall–Kier alpha value is -1.30. The van der Waals surface area contributed by atoms with Gasteiger partial charge in [-0.05, 0) is 37.6 Å². The Kier molecular flexibility index (Phi) is 4.86. The smallest absolute Gasteiger partial charge is 0.320 e. The van der Waals surface area contributed by atoms with Crippen LogP contribution in [0.1, 0.15) is 12.8 Å². The molecule has 1 fully saturated rings. The van der Waals surface area contributed by atoms with Crippen LogP contribution in [-0.4, -0.2) is 41.0 Å². The fourth-order valence-corrected chi connectivity index (χ4v) is 2.60. The van der Waals surface area contributed by atoms with Crippen molar-refractivity contribution in [3.63, 3.8) is 0 Å². The van der Waals surface area contributed by atoms with Crippen LogP contribution in [0.3, 0.4) is 0 Å². The first kappa shape index (κ1) is 15.1. The lowest BCUT2D eigenvalue weighted by atomic mass is 10.2. The normalized spacial score (nSPS) is 19.0.